The molecule has 3 atom stereocenters. The smallest absolute Gasteiger partial charge is 0.230 e. The van der Waals surface area contributed by atoms with Gasteiger partial charge in [0.25, 0.3) is 0 Å². The fourth-order valence-corrected chi connectivity index (χ4v) is 5.18. The summed E-state index contributed by atoms with van der Waals surface area (Å²) >= 11 is 0. The highest BCUT2D eigenvalue weighted by Gasteiger charge is 2.44. The van der Waals surface area contributed by atoms with E-state index in [2.05, 4.69) is 50.3 Å². The summed E-state index contributed by atoms with van der Waals surface area (Å²) in [7, 11) is 0. The first kappa shape index (κ1) is 16.1. The first-order valence-electron chi connectivity index (χ1n) is 9.88. The highest BCUT2D eigenvalue weighted by molar-refractivity contribution is 5.84. The Morgan fingerprint density at radius 3 is 2.96 bits per heavy atom. The van der Waals surface area contributed by atoms with E-state index in [-0.39, 0.29) is 5.92 Å². The van der Waals surface area contributed by atoms with Crippen molar-refractivity contribution >= 4 is 5.91 Å². The normalized spacial score (nSPS) is 28.2. The molecule has 5 rings (SSSR count). The number of carbonyl (C=O) groups is 1. The molecule has 0 saturated carbocycles. The molecule has 26 heavy (non-hydrogen) atoms. The highest BCUT2D eigenvalue weighted by atomic mass is 16.2. The lowest BCUT2D eigenvalue weighted by Gasteiger charge is -2.28. The van der Waals surface area contributed by atoms with Crippen molar-refractivity contribution in [2.24, 2.45) is 5.92 Å². The Bertz CT molecular complexity index is 786. The maximum atomic E-state index is 13.2. The minimum Gasteiger partial charge on any atom is -0.340 e. The second kappa shape index (κ2) is 6.54. The van der Waals surface area contributed by atoms with Gasteiger partial charge in [-0.3, -0.25) is 14.8 Å². The van der Waals surface area contributed by atoms with E-state index in [0.717, 1.165) is 51.0 Å². The lowest BCUT2D eigenvalue weighted by molar-refractivity contribution is -0.132. The van der Waals surface area contributed by atoms with Crippen LogP contribution in [0.25, 0.3) is 0 Å². The molecule has 0 radical (unpaired) electrons. The van der Waals surface area contributed by atoms with Crippen molar-refractivity contribution in [1.29, 1.82) is 0 Å². The van der Waals surface area contributed by atoms with Crippen molar-refractivity contribution < 1.29 is 4.79 Å². The van der Waals surface area contributed by atoms with E-state index < -0.39 is 0 Å². The third-order valence-corrected chi connectivity index (χ3v) is 6.55. The van der Waals surface area contributed by atoms with E-state index in [1.54, 1.807) is 0 Å². The van der Waals surface area contributed by atoms with Crippen molar-refractivity contribution in [1.82, 2.24) is 20.0 Å². The van der Waals surface area contributed by atoms with Crippen LogP contribution in [0.4, 0.5) is 0 Å². The third kappa shape index (κ3) is 2.75. The Balaban J connectivity index is 1.28. The molecule has 1 aliphatic carbocycles. The van der Waals surface area contributed by atoms with Crippen molar-refractivity contribution in [3.05, 3.63) is 53.3 Å². The van der Waals surface area contributed by atoms with Gasteiger partial charge in [0.05, 0.1) is 12.1 Å². The molecule has 1 aromatic carbocycles. The molecule has 3 aliphatic rings. The van der Waals surface area contributed by atoms with Gasteiger partial charge < -0.3 is 4.90 Å². The van der Waals surface area contributed by atoms with Gasteiger partial charge in [-0.1, -0.05) is 30.3 Å². The van der Waals surface area contributed by atoms with E-state index in [4.69, 9.17) is 0 Å². The molecule has 2 aliphatic heterocycles. The van der Waals surface area contributed by atoms with E-state index in [9.17, 15) is 4.79 Å². The van der Waals surface area contributed by atoms with Crippen LogP contribution in [0.5, 0.6) is 0 Å². The second-order valence-electron chi connectivity index (χ2n) is 8.06. The third-order valence-electron chi connectivity index (χ3n) is 6.55. The average molecular weight is 350 g/mol. The Hall–Kier alpha value is -2.14. The molecule has 1 amide bonds. The first-order valence-corrected chi connectivity index (χ1v) is 9.88. The molecular formula is C21H26N4O. The average Bonchev–Trinajstić information content (AvgIpc) is 3.38. The van der Waals surface area contributed by atoms with E-state index >= 15 is 0 Å². The zero-order valence-electron chi connectivity index (χ0n) is 15.1. The number of aromatic amines is 1. The minimum atomic E-state index is 0.0129. The molecule has 5 heteroatoms. The molecule has 136 valence electrons. The van der Waals surface area contributed by atoms with Gasteiger partial charge in [-0.2, -0.15) is 5.10 Å². The van der Waals surface area contributed by atoms with E-state index in [1.165, 1.54) is 17.7 Å². The summed E-state index contributed by atoms with van der Waals surface area (Å²) in [6.07, 6.45) is 6.14. The number of rotatable bonds is 3. The quantitative estimate of drug-likeness (QED) is 0.926. The van der Waals surface area contributed by atoms with E-state index in [0.29, 0.717) is 17.9 Å². The number of nitrogens with one attached hydrogen (secondary N) is 1. The number of benzene rings is 1. The summed E-state index contributed by atoms with van der Waals surface area (Å²) in [5, 5.41) is 7.25. The summed E-state index contributed by atoms with van der Waals surface area (Å²) in [5.74, 6) is 0.968. The highest BCUT2D eigenvalue weighted by Crippen LogP contribution is 2.37. The lowest BCUT2D eigenvalue weighted by atomic mass is 9.86. The second-order valence-corrected chi connectivity index (χ2v) is 8.06. The summed E-state index contributed by atoms with van der Waals surface area (Å²) in [5.41, 5.74) is 3.67. The number of carbonyl (C=O) groups excluding carboxylic acids is 1. The van der Waals surface area contributed by atoms with Crippen molar-refractivity contribution in [2.45, 2.75) is 44.2 Å². The molecule has 0 bridgehead atoms. The number of likely N-dealkylation sites (tertiary alicyclic amines) is 2. The van der Waals surface area contributed by atoms with Crippen molar-refractivity contribution in [3.8, 4) is 0 Å². The largest absolute Gasteiger partial charge is 0.340 e. The van der Waals surface area contributed by atoms with Crippen LogP contribution >= 0.6 is 0 Å². The Labute approximate surface area is 154 Å². The molecule has 1 N–H and O–H groups in total. The van der Waals surface area contributed by atoms with Crippen LogP contribution in [-0.4, -0.2) is 51.6 Å². The Morgan fingerprint density at radius 1 is 1.19 bits per heavy atom. The number of hydrogen-bond acceptors (Lipinski definition) is 3. The predicted octanol–water partition coefficient (Wildman–Crippen LogP) is 2.56. The minimum absolute atomic E-state index is 0.0129. The molecule has 2 fully saturated rings. The van der Waals surface area contributed by atoms with Gasteiger partial charge in [0, 0.05) is 36.9 Å². The number of aromatic nitrogens is 2. The van der Waals surface area contributed by atoms with Gasteiger partial charge in [-0.05, 0) is 43.7 Å². The number of H-pyrrole nitrogens is 1. The maximum Gasteiger partial charge on any atom is 0.230 e. The zero-order chi connectivity index (χ0) is 17.5. The summed E-state index contributed by atoms with van der Waals surface area (Å²) in [6.45, 7) is 3.97. The van der Waals surface area contributed by atoms with Crippen LogP contribution in [0, 0.1) is 5.92 Å². The van der Waals surface area contributed by atoms with Gasteiger partial charge in [-0.25, -0.2) is 0 Å². The van der Waals surface area contributed by atoms with Crippen LogP contribution in [0.3, 0.4) is 0 Å². The number of nitrogens with zero attached hydrogens (tertiary/aromatic N) is 3. The topological polar surface area (TPSA) is 52.2 Å². The van der Waals surface area contributed by atoms with Crippen LogP contribution in [0.2, 0.25) is 0 Å². The molecule has 1 aromatic heterocycles. The van der Waals surface area contributed by atoms with Crippen LogP contribution in [0.1, 0.15) is 42.0 Å². The number of hydrogen-bond donors (Lipinski definition) is 1. The Kier molecular flexibility index (Phi) is 4.04. The fraction of sp³-hybridized carbons (Fsp3) is 0.524. The first-order chi connectivity index (χ1) is 12.8. The van der Waals surface area contributed by atoms with Gasteiger partial charge >= 0.3 is 0 Å². The molecule has 2 aromatic rings. The molecule has 3 heterocycles. The monoisotopic (exact) mass is 350 g/mol. The molecule has 1 unspecified atom stereocenters. The van der Waals surface area contributed by atoms with Crippen molar-refractivity contribution in [2.75, 3.05) is 19.6 Å². The summed E-state index contributed by atoms with van der Waals surface area (Å²) in [6, 6.07) is 11.2. The molecule has 5 nitrogen and oxygen atoms in total. The SMILES string of the molecule is O=C(C1CCCc2[nH]ncc21)N1C[C@@H]2CCN(Cc3ccccc3)[C@@H]2C1. The number of fused-ring (bicyclic) bond motifs is 2. The summed E-state index contributed by atoms with van der Waals surface area (Å²) < 4.78 is 0. The lowest BCUT2D eigenvalue weighted by Crippen LogP contribution is -2.39. The van der Waals surface area contributed by atoms with Gasteiger partial charge in [0.15, 0.2) is 0 Å². The van der Waals surface area contributed by atoms with Gasteiger partial charge in [0.2, 0.25) is 5.91 Å². The fourth-order valence-electron chi connectivity index (χ4n) is 5.18. The Morgan fingerprint density at radius 2 is 2.08 bits per heavy atom. The van der Waals surface area contributed by atoms with Gasteiger partial charge in [0.1, 0.15) is 0 Å². The standard InChI is InChI=1S/C21H26N4O/c26-21(17-7-4-8-19-18(17)11-22-23-19)25-13-16-9-10-24(20(16)14-25)12-15-5-2-1-3-6-15/h1-3,5-6,11,16-17,20H,4,7-10,12-14H2,(H,22,23)/t16-,17?,20+/m0/s1. The van der Waals surface area contributed by atoms with Crippen molar-refractivity contribution in [3.63, 3.8) is 0 Å². The van der Waals surface area contributed by atoms with Crippen LogP contribution in [0.15, 0.2) is 36.5 Å². The predicted molar refractivity (Wildman–Crippen MR) is 99.6 cm³/mol. The maximum absolute atomic E-state index is 13.2. The molecule has 0 spiro atoms. The molecule has 2 saturated heterocycles. The summed E-state index contributed by atoms with van der Waals surface area (Å²) in [4.78, 5) is 17.9. The number of amides is 1. The number of aryl methyl sites for hydroxylation is 1. The van der Waals surface area contributed by atoms with Crippen LogP contribution < -0.4 is 0 Å². The van der Waals surface area contributed by atoms with Gasteiger partial charge in [-0.15, -0.1) is 0 Å². The van der Waals surface area contributed by atoms with E-state index in [1.807, 2.05) is 6.20 Å². The van der Waals surface area contributed by atoms with Crippen LogP contribution in [-0.2, 0) is 17.8 Å². The zero-order valence-corrected chi connectivity index (χ0v) is 15.1. The molecular weight excluding hydrogens is 324 g/mol.